The summed E-state index contributed by atoms with van der Waals surface area (Å²) >= 11 is 0. The molecule has 10 heteroatoms. The van der Waals surface area contributed by atoms with Crippen molar-refractivity contribution in [2.75, 3.05) is 35.8 Å². The zero-order chi connectivity index (χ0) is 22.7. The highest BCUT2D eigenvalue weighted by atomic mass is 16.5. The fraction of sp³-hybridized carbons (Fsp3) is 0.409. The number of carbonyl (C=O) groups is 1. The van der Waals surface area contributed by atoms with Gasteiger partial charge >= 0.3 is 0 Å². The van der Waals surface area contributed by atoms with Crippen LogP contribution in [0.3, 0.4) is 0 Å². The van der Waals surface area contributed by atoms with Crippen LogP contribution >= 0.6 is 0 Å². The van der Waals surface area contributed by atoms with Gasteiger partial charge in [0.05, 0.1) is 36.0 Å². The molecule has 1 fully saturated rings. The smallest absolute Gasteiger partial charge is 0.254 e. The molecular formula is C22H30N8O2. The minimum absolute atomic E-state index is 0.240. The van der Waals surface area contributed by atoms with Crippen LogP contribution in [0.15, 0.2) is 24.4 Å². The fourth-order valence-corrected chi connectivity index (χ4v) is 4.07. The van der Waals surface area contributed by atoms with Gasteiger partial charge in [-0.1, -0.05) is 19.3 Å². The highest BCUT2D eigenvalue weighted by Crippen LogP contribution is 2.33. The van der Waals surface area contributed by atoms with Crippen molar-refractivity contribution >= 4 is 40.3 Å². The highest BCUT2D eigenvalue weighted by molar-refractivity contribution is 5.99. The number of ether oxygens (including phenoxy) is 1. The van der Waals surface area contributed by atoms with Gasteiger partial charge in [-0.05, 0) is 30.5 Å². The molecule has 3 aromatic rings. The van der Waals surface area contributed by atoms with E-state index in [0.29, 0.717) is 41.4 Å². The maximum Gasteiger partial charge on any atom is 0.254 e. The average Bonchev–Trinajstić information content (AvgIpc) is 3.24. The second-order valence-electron chi connectivity index (χ2n) is 7.99. The molecule has 0 radical (unpaired) electrons. The lowest BCUT2D eigenvalue weighted by atomic mass is 9.98. The van der Waals surface area contributed by atoms with Crippen molar-refractivity contribution in [3.05, 3.63) is 35.5 Å². The summed E-state index contributed by atoms with van der Waals surface area (Å²) in [4.78, 5) is 16.3. The van der Waals surface area contributed by atoms with Crippen LogP contribution < -0.4 is 27.4 Å². The van der Waals surface area contributed by atoms with Crippen molar-refractivity contribution in [1.82, 2.24) is 14.6 Å². The largest absolute Gasteiger partial charge is 0.395 e. The maximum absolute atomic E-state index is 11.8. The molecule has 1 aliphatic carbocycles. The number of primary amides is 1. The normalized spacial score (nSPS) is 14.4. The minimum atomic E-state index is -0.592. The molecule has 32 heavy (non-hydrogen) atoms. The Balaban J connectivity index is 1.64. The Bertz CT molecular complexity index is 1120. The van der Waals surface area contributed by atoms with Crippen molar-refractivity contribution < 1.29 is 9.53 Å². The molecule has 4 rings (SSSR count). The van der Waals surface area contributed by atoms with Gasteiger partial charge in [0.1, 0.15) is 17.2 Å². The molecule has 0 unspecified atom stereocenters. The van der Waals surface area contributed by atoms with Crippen LogP contribution in [0.2, 0.25) is 0 Å². The van der Waals surface area contributed by atoms with Gasteiger partial charge in [0.25, 0.3) is 5.91 Å². The number of nitrogens with two attached hydrogens (primary N) is 2. The summed E-state index contributed by atoms with van der Waals surface area (Å²) in [7, 11) is 3.59. The summed E-state index contributed by atoms with van der Waals surface area (Å²) < 4.78 is 7.68. The molecule has 0 bridgehead atoms. The number of nitrogens with zero attached hydrogens (tertiary/aromatic N) is 3. The molecular weight excluding hydrogens is 408 g/mol. The number of fused-ring (bicyclic) bond motifs is 1. The number of anilines is 5. The van der Waals surface area contributed by atoms with E-state index in [1.165, 1.54) is 30.0 Å². The number of aromatic nitrogens is 3. The lowest BCUT2D eigenvalue weighted by Gasteiger charge is -2.22. The Labute approximate surface area is 186 Å². The van der Waals surface area contributed by atoms with Crippen LogP contribution in [-0.4, -0.2) is 40.7 Å². The molecule has 10 nitrogen and oxygen atoms in total. The van der Waals surface area contributed by atoms with Gasteiger partial charge in [-0.3, -0.25) is 4.79 Å². The molecule has 0 aliphatic heterocycles. The van der Waals surface area contributed by atoms with Crippen molar-refractivity contribution in [1.29, 1.82) is 0 Å². The first-order valence-corrected chi connectivity index (χ1v) is 10.8. The summed E-state index contributed by atoms with van der Waals surface area (Å²) in [6.45, 7) is 0.511. The number of hydrogen-bond donors (Lipinski definition) is 5. The van der Waals surface area contributed by atoms with Crippen LogP contribution in [0.5, 0.6) is 0 Å². The number of hydrogen-bond acceptors (Lipinski definition) is 8. The van der Waals surface area contributed by atoms with Gasteiger partial charge in [0, 0.05) is 20.2 Å². The standard InChI is InChI=1S/C22H30N8O2/c1-25-16-8-13(12-32-14-6-4-3-5-7-14)9-17(20(16)23)28-18-10-19(26-2)30-22(29-18)15(11-27-30)21(24)31/h8-11,14,25-26H,3-7,12,23H2,1-2H3,(H2,24,31)(H,28,29). The van der Waals surface area contributed by atoms with Crippen molar-refractivity contribution in [3.63, 3.8) is 0 Å². The zero-order valence-corrected chi connectivity index (χ0v) is 18.4. The van der Waals surface area contributed by atoms with Crippen molar-refractivity contribution in [2.24, 2.45) is 5.73 Å². The van der Waals surface area contributed by atoms with Crippen molar-refractivity contribution in [3.8, 4) is 0 Å². The van der Waals surface area contributed by atoms with E-state index in [-0.39, 0.29) is 5.56 Å². The van der Waals surface area contributed by atoms with E-state index >= 15 is 0 Å². The summed E-state index contributed by atoms with van der Waals surface area (Å²) in [6, 6.07) is 5.75. The second kappa shape index (κ2) is 9.31. The molecule has 1 aromatic carbocycles. The lowest BCUT2D eigenvalue weighted by Crippen LogP contribution is -2.16. The minimum Gasteiger partial charge on any atom is -0.395 e. The third-order valence-electron chi connectivity index (χ3n) is 5.80. The number of nitrogen functional groups attached to an aromatic ring is 1. The number of nitrogens with one attached hydrogen (secondary N) is 3. The van der Waals surface area contributed by atoms with Crippen molar-refractivity contribution in [2.45, 2.75) is 44.8 Å². The number of benzene rings is 1. The lowest BCUT2D eigenvalue weighted by molar-refractivity contribution is 0.0169. The molecule has 1 saturated carbocycles. The molecule has 2 heterocycles. The third-order valence-corrected chi connectivity index (χ3v) is 5.80. The summed E-state index contributed by atoms with van der Waals surface area (Å²) in [6.07, 6.45) is 7.70. The van der Waals surface area contributed by atoms with Crippen LogP contribution in [0, 0.1) is 0 Å². The van der Waals surface area contributed by atoms with Gasteiger partial charge < -0.3 is 32.2 Å². The molecule has 0 atom stereocenters. The third kappa shape index (κ3) is 4.40. The van der Waals surface area contributed by atoms with E-state index in [0.717, 1.165) is 24.1 Å². The summed E-state index contributed by atoms with van der Waals surface area (Å²) in [5.74, 6) is 0.559. The van der Waals surface area contributed by atoms with E-state index in [4.69, 9.17) is 16.2 Å². The van der Waals surface area contributed by atoms with E-state index in [1.807, 2.05) is 19.2 Å². The molecule has 1 aliphatic rings. The second-order valence-corrected chi connectivity index (χ2v) is 7.99. The van der Waals surface area contributed by atoms with Gasteiger partial charge in [0.15, 0.2) is 5.65 Å². The number of rotatable bonds is 8. The summed E-state index contributed by atoms with van der Waals surface area (Å²) in [5.41, 5.74) is 15.5. The Morgan fingerprint density at radius 1 is 1.16 bits per heavy atom. The first-order chi connectivity index (χ1) is 15.5. The Kier molecular flexibility index (Phi) is 6.31. The van der Waals surface area contributed by atoms with Crippen LogP contribution in [0.4, 0.5) is 28.7 Å². The van der Waals surface area contributed by atoms with Gasteiger partial charge in [-0.15, -0.1) is 0 Å². The van der Waals surface area contributed by atoms with Gasteiger partial charge in [-0.25, -0.2) is 4.98 Å². The highest BCUT2D eigenvalue weighted by Gasteiger charge is 2.17. The molecule has 0 spiro atoms. The number of amides is 1. The maximum atomic E-state index is 11.8. The molecule has 7 N–H and O–H groups in total. The summed E-state index contributed by atoms with van der Waals surface area (Å²) in [5, 5.41) is 13.7. The number of carbonyl (C=O) groups excluding carboxylic acids is 1. The fourth-order valence-electron chi connectivity index (χ4n) is 4.07. The first kappa shape index (κ1) is 21.7. The van der Waals surface area contributed by atoms with E-state index in [1.54, 1.807) is 13.1 Å². The predicted octanol–water partition coefficient (Wildman–Crippen LogP) is 3.09. The monoisotopic (exact) mass is 438 g/mol. The average molecular weight is 439 g/mol. The van der Waals surface area contributed by atoms with Crippen LogP contribution in [0.25, 0.3) is 5.65 Å². The van der Waals surface area contributed by atoms with E-state index in [2.05, 4.69) is 26.0 Å². The zero-order valence-electron chi connectivity index (χ0n) is 18.4. The first-order valence-electron chi connectivity index (χ1n) is 10.8. The van der Waals surface area contributed by atoms with Gasteiger partial charge in [-0.2, -0.15) is 9.61 Å². The van der Waals surface area contributed by atoms with Crippen LogP contribution in [0.1, 0.15) is 48.0 Å². The SMILES string of the molecule is CNc1cc(COC2CCCCC2)cc(Nc2cc(NC)n3ncc(C(N)=O)c3n2)c1N. The quantitative estimate of drug-likeness (QED) is 0.337. The Morgan fingerprint density at radius 2 is 1.91 bits per heavy atom. The Morgan fingerprint density at radius 3 is 2.59 bits per heavy atom. The van der Waals surface area contributed by atoms with E-state index < -0.39 is 5.91 Å². The molecule has 170 valence electrons. The van der Waals surface area contributed by atoms with E-state index in [9.17, 15) is 4.79 Å². The predicted molar refractivity (Wildman–Crippen MR) is 126 cm³/mol. The molecule has 2 aromatic heterocycles. The van der Waals surface area contributed by atoms with Crippen LogP contribution in [-0.2, 0) is 11.3 Å². The van der Waals surface area contributed by atoms with Gasteiger partial charge in [0.2, 0.25) is 0 Å². The Hall–Kier alpha value is -3.53. The molecule has 1 amide bonds. The molecule has 0 saturated heterocycles. The topological polar surface area (TPSA) is 145 Å².